The van der Waals surface area contributed by atoms with Crippen molar-refractivity contribution in [3.8, 4) is 5.75 Å². The number of rotatable bonds is 6. The summed E-state index contributed by atoms with van der Waals surface area (Å²) < 4.78 is 0. The number of nitrogens with zero attached hydrogens (tertiary/aromatic N) is 1. The highest BCUT2D eigenvalue weighted by atomic mass is 16.3. The predicted octanol–water partition coefficient (Wildman–Crippen LogP) is 1.52. The quantitative estimate of drug-likeness (QED) is 0.706. The highest BCUT2D eigenvalue weighted by molar-refractivity contribution is 5.91. The van der Waals surface area contributed by atoms with Crippen molar-refractivity contribution in [2.24, 2.45) is 0 Å². The van der Waals surface area contributed by atoms with Crippen LogP contribution in [0.5, 0.6) is 5.75 Å². The topological polar surface area (TPSA) is 82.5 Å². The van der Waals surface area contributed by atoms with Crippen molar-refractivity contribution in [3.63, 3.8) is 0 Å². The Bertz CT molecular complexity index is 624. The second-order valence-corrected chi connectivity index (χ2v) is 4.85. The first-order chi connectivity index (χ1) is 10.7. The summed E-state index contributed by atoms with van der Waals surface area (Å²) in [6.07, 6.45) is 5.14. The molecular formula is C17H18N2O3. The van der Waals surface area contributed by atoms with Crippen LogP contribution in [0.25, 0.3) is 6.08 Å². The van der Waals surface area contributed by atoms with Crippen LogP contribution < -0.4 is 5.32 Å². The van der Waals surface area contributed by atoms with Crippen LogP contribution in [0, 0.1) is 0 Å². The monoisotopic (exact) mass is 298 g/mol. The third kappa shape index (κ3) is 5.03. The van der Waals surface area contributed by atoms with Gasteiger partial charge in [0.15, 0.2) is 0 Å². The largest absolute Gasteiger partial charge is 0.508 e. The number of phenolic OH excluding ortho intramolecular Hbond substituents is 1. The summed E-state index contributed by atoms with van der Waals surface area (Å²) >= 11 is 0. The van der Waals surface area contributed by atoms with Gasteiger partial charge in [0.05, 0.1) is 18.3 Å². The molecule has 0 saturated heterocycles. The number of hydrogen-bond acceptors (Lipinski definition) is 4. The number of pyridine rings is 1. The second kappa shape index (κ2) is 7.95. The highest BCUT2D eigenvalue weighted by Crippen LogP contribution is 2.11. The van der Waals surface area contributed by atoms with Crippen LogP contribution in [-0.4, -0.2) is 33.8 Å². The van der Waals surface area contributed by atoms with E-state index in [0.29, 0.717) is 12.1 Å². The fourth-order valence-electron chi connectivity index (χ4n) is 1.96. The van der Waals surface area contributed by atoms with Gasteiger partial charge in [-0.1, -0.05) is 18.2 Å². The maximum Gasteiger partial charge on any atom is 0.244 e. The van der Waals surface area contributed by atoms with Crippen molar-refractivity contribution >= 4 is 12.0 Å². The number of carbonyl (C=O) groups is 1. The first-order valence-electron chi connectivity index (χ1n) is 6.96. The third-order valence-electron chi connectivity index (χ3n) is 3.08. The molecule has 22 heavy (non-hydrogen) atoms. The van der Waals surface area contributed by atoms with Crippen molar-refractivity contribution in [2.45, 2.75) is 12.5 Å². The lowest BCUT2D eigenvalue weighted by Crippen LogP contribution is -2.38. The Kier molecular flexibility index (Phi) is 5.68. The van der Waals surface area contributed by atoms with Crippen LogP contribution in [0.4, 0.5) is 0 Å². The second-order valence-electron chi connectivity index (χ2n) is 4.85. The lowest BCUT2D eigenvalue weighted by atomic mass is 10.1. The Labute approximate surface area is 129 Å². The van der Waals surface area contributed by atoms with E-state index >= 15 is 0 Å². The smallest absolute Gasteiger partial charge is 0.244 e. The predicted molar refractivity (Wildman–Crippen MR) is 84.1 cm³/mol. The number of aliphatic hydroxyl groups is 1. The molecule has 1 aromatic heterocycles. The maximum atomic E-state index is 11.9. The Hall–Kier alpha value is -2.66. The lowest BCUT2D eigenvalue weighted by molar-refractivity contribution is -0.117. The number of carbonyl (C=O) groups excluding carboxylic acids is 1. The van der Waals surface area contributed by atoms with Crippen LogP contribution in [-0.2, 0) is 11.2 Å². The molecule has 0 aliphatic heterocycles. The first kappa shape index (κ1) is 15.7. The summed E-state index contributed by atoms with van der Waals surface area (Å²) in [7, 11) is 0. The van der Waals surface area contributed by atoms with Gasteiger partial charge in [0, 0.05) is 12.3 Å². The molecule has 0 radical (unpaired) electrons. The van der Waals surface area contributed by atoms with E-state index in [4.69, 9.17) is 0 Å². The summed E-state index contributed by atoms with van der Waals surface area (Å²) in [6.45, 7) is -0.163. The van der Waals surface area contributed by atoms with E-state index < -0.39 is 0 Å². The molecule has 0 spiro atoms. The minimum atomic E-state index is -0.384. The number of nitrogens with one attached hydrogen (secondary N) is 1. The van der Waals surface area contributed by atoms with Gasteiger partial charge in [-0.05, 0) is 42.3 Å². The SMILES string of the molecule is O=C(/C=C/c1ccccn1)N[C@H](CO)Cc1ccc(O)cc1. The number of benzene rings is 1. The van der Waals surface area contributed by atoms with Gasteiger partial charge in [0.25, 0.3) is 0 Å². The molecule has 1 amide bonds. The van der Waals surface area contributed by atoms with Gasteiger partial charge >= 0.3 is 0 Å². The van der Waals surface area contributed by atoms with Crippen molar-refractivity contribution in [3.05, 3.63) is 66.0 Å². The Morgan fingerprint density at radius 1 is 1.23 bits per heavy atom. The van der Waals surface area contributed by atoms with E-state index in [2.05, 4.69) is 10.3 Å². The zero-order valence-electron chi connectivity index (χ0n) is 12.0. The number of phenols is 1. The molecule has 1 aromatic carbocycles. The van der Waals surface area contributed by atoms with Gasteiger partial charge in [-0.15, -0.1) is 0 Å². The Balaban J connectivity index is 1.90. The van der Waals surface area contributed by atoms with E-state index in [1.54, 1.807) is 48.7 Å². The summed E-state index contributed by atoms with van der Waals surface area (Å²) in [5.74, 6) is -0.102. The molecule has 5 heteroatoms. The molecule has 1 atom stereocenters. The van der Waals surface area contributed by atoms with E-state index in [-0.39, 0.29) is 24.3 Å². The van der Waals surface area contributed by atoms with E-state index in [9.17, 15) is 15.0 Å². The number of aromatic nitrogens is 1. The molecule has 1 heterocycles. The molecule has 0 aliphatic carbocycles. The van der Waals surface area contributed by atoms with E-state index in [1.165, 1.54) is 6.08 Å². The van der Waals surface area contributed by atoms with E-state index in [1.807, 2.05) is 6.07 Å². The standard InChI is InChI=1S/C17H18N2O3/c20-12-15(11-13-4-7-16(21)8-5-13)19-17(22)9-6-14-3-1-2-10-18-14/h1-10,15,20-21H,11-12H2,(H,19,22)/b9-6+/t15-/m0/s1. The molecule has 0 fully saturated rings. The summed E-state index contributed by atoms with van der Waals surface area (Å²) in [5, 5.41) is 21.3. The molecule has 114 valence electrons. The van der Waals surface area contributed by atoms with Gasteiger partial charge in [-0.2, -0.15) is 0 Å². The number of aliphatic hydroxyl groups excluding tert-OH is 1. The average molecular weight is 298 g/mol. The molecule has 2 rings (SSSR count). The average Bonchev–Trinajstić information content (AvgIpc) is 2.55. The summed E-state index contributed by atoms with van der Waals surface area (Å²) in [4.78, 5) is 15.9. The molecule has 0 bridgehead atoms. The minimum Gasteiger partial charge on any atom is -0.508 e. The van der Waals surface area contributed by atoms with E-state index in [0.717, 1.165) is 5.56 Å². The van der Waals surface area contributed by atoms with Crippen LogP contribution in [0.1, 0.15) is 11.3 Å². The lowest BCUT2D eigenvalue weighted by Gasteiger charge is -2.15. The van der Waals surface area contributed by atoms with Crippen LogP contribution >= 0.6 is 0 Å². The van der Waals surface area contributed by atoms with Gasteiger partial charge in [-0.25, -0.2) is 0 Å². The van der Waals surface area contributed by atoms with Gasteiger partial charge in [0.1, 0.15) is 5.75 Å². The van der Waals surface area contributed by atoms with Crippen LogP contribution in [0.3, 0.4) is 0 Å². The highest BCUT2D eigenvalue weighted by Gasteiger charge is 2.10. The van der Waals surface area contributed by atoms with Crippen molar-refractivity contribution in [1.82, 2.24) is 10.3 Å². The van der Waals surface area contributed by atoms with Crippen LogP contribution in [0.2, 0.25) is 0 Å². The number of hydrogen-bond donors (Lipinski definition) is 3. The molecule has 0 saturated carbocycles. The third-order valence-corrected chi connectivity index (χ3v) is 3.08. The maximum absolute atomic E-state index is 11.9. The molecule has 0 aliphatic rings. The molecule has 5 nitrogen and oxygen atoms in total. The number of amides is 1. The number of aromatic hydroxyl groups is 1. The Morgan fingerprint density at radius 2 is 2.00 bits per heavy atom. The first-order valence-corrected chi connectivity index (χ1v) is 6.96. The van der Waals surface area contributed by atoms with Crippen LogP contribution in [0.15, 0.2) is 54.7 Å². The summed E-state index contributed by atoms with van der Waals surface area (Å²) in [6, 6.07) is 11.7. The Morgan fingerprint density at radius 3 is 2.64 bits per heavy atom. The van der Waals surface area contributed by atoms with Crippen molar-refractivity contribution < 1.29 is 15.0 Å². The summed E-state index contributed by atoms with van der Waals surface area (Å²) in [5.41, 5.74) is 1.61. The zero-order chi connectivity index (χ0) is 15.8. The van der Waals surface area contributed by atoms with Gasteiger partial charge in [0.2, 0.25) is 5.91 Å². The van der Waals surface area contributed by atoms with Gasteiger partial charge in [-0.3, -0.25) is 9.78 Å². The van der Waals surface area contributed by atoms with Gasteiger partial charge < -0.3 is 15.5 Å². The van der Waals surface area contributed by atoms with Crippen molar-refractivity contribution in [1.29, 1.82) is 0 Å². The minimum absolute atomic E-state index is 0.163. The fourth-order valence-corrected chi connectivity index (χ4v) is 1.96. The normalized spacial score (nSPS) is 12.2. The molecule has 2 aromatic rings. The zero-order valence-corrected chi connectivity index (χ0v) is 12.0. The molecular weight excluding hydrogens is 280 g/mol. The molecule has 3 N–H and O–H groups in total. The molecule has 0 unspecified atom stereocenters. The fraction of sp³-hybridized carbons (Fsp3) is 0.176. The van der Waals surface area contributed by atoms with Crippen molar-refractivity contribution in [2.75, 3.05) is 6.61 Å².